The minimum Gasteiger partial charge on any atom is -0.381 e. The first kappa shape index (κ1) is 14.9. The Morgan fingerprint density at radius 1 is 1.50 bits per heavy atom. The molecule has 102 valence electrons. The first-order valence-corrected chi connectivity index (χ1v) is 8.54. The molecular formula is C13H20BrNOS2. The summed E-state index contributed by atoms with van der Waals surface area (Å²) in [6, 6.07) is 2.21. The number of thiophene rings is 1. The van der Waals surface area contributed by atoms with Crippen LogP contribution in [0.25, 0.3) is 0 Å². The molecule has 2 rings (SSSR count). The van der Waals surface area contributed by atoms with E-state index in [0.29, 0.717) is 5.41 Å². The second-order valence-corrected chi connectivity index (χ2v) is 7.40. The second kappa shape index (κ2) is 6.75. The van der Waals surface area contributed by atoms with Gasteiger partial charge in [-0.2, -0.15) is 12.6 Å². The number of halogens is 1. The SMILES string of the molecule is CN(Cc1cc(Br)cs1)CC1(CS)CCOCC1. The molecule has 0 bridgehead atoms. The highest BCUT2D eigenvalue weighted by atomic mass is 79.9. The average Bonchev–Trinajstić information content (AvgIpc) is 2.75. The normalized spacial score (nSPS) is 19.3. The zero-order chi connectivity index (χ0) is 13.0. The molecule has 2 nitrogen and oxygen atoms in total. The molecule has 0 spiro atoms. The molecule has 0 N–H and O–H groups in total. The van der Waals surface area contributed by atoms with Gasteiger partial charge < -0.3 is 9.64 Å². The predicted octanol–water partition coefficient (Wildman–Crippen LogP) is 3.67. The van der Waals surface area contributed by atoms with Crippen LogP contribution in [-0.2, 0) is 11.3 Å². The number of hydrogen-bond donors (Lipinski definition) is 1. The smallest absolute Gasteiger partial charge is 0.0472 e. The highest BCUT2D eigenvalue weighted by molar-refractivity contribution is 9.10. The molecule has 5 heteroatoms. The Morgan fingerprint density at radius 3 is 2.78 bits per heavy atom. The van der Waals surface area contributed by atoms with E-state index in [0.717, 1.165) is 44.9 Å². The maximum absolute atomic E-state index is 5.47. The molecule has 1 aromatic heterocycles. The van der Waals surface area contributed by atoms with E-state index < -0.39 is 0 Å². The van der Waals surface area contributed by atoms with E-state index in [9.17, 15) is 0 Å². The van der Waals surface area contributed by atoms with Crippen molar-refractivity contribution >= 4 is 39.9 Å². The molecule has 1 aliphatic heterocycles. The fourth-order valence-corrected chi connectivity index (χ4v) is 4.45. The van der Waals surface area contributed by atoms with Crippen LogP contribution in [0, 0.1) is 5.41 Å². The van der Waals surface area contributed by atoms with Crippen LogP contribution in [0.2, 0.25) is 0 Å². The van der Waals surface area contributed by atoms with Crippen molar-refractivity contribution in [2.75, 3.05) is 32.6 Å². The van der Waals surface area contributed by atoms with Gasteiger partial charge in [0.05, 0.1) is 0 Å². The largest absolute Gasteiger partial charge is 0.381 e. The molecular weight excluding hydrogens is 330 g/mol. The first-order chi connectivity index (χ1) is 8.63. The van der Waals surface area contributed by atoms with E-state index in [1.807, 2.05) is 11.3 Å². The van der Waals surface area contributed by atoms with E-state index in [-0.39, 0.29) is 0 Å². The molecule has 0 aromatic carbocycles. The van der Waals surface area contributed by atoms with E-state index in [1.165, 1.54) is 9.35 Å². The molecule has 1 fully saturated rings. The van der Waals surface area contributed by atoms with Crippen molar-refractivity contribution in [3.8, 4) is 0 Å². The third-order valence-corrected chi connectivity index (χ3v) is 5.89. The molecule has 0 amide bonds. The van der Waals surface area contributed by atoms with Crippen LogP contribution < -0.4 is 0 Å². The minimum atomic E-state index is 0.338. The van der Waals surface area contributed by atoms with Crippen molar-refractivity contribution in [3.05, 3.63) is 20.8 Å². The van der Waals surface area contributed by atoms with Gasteiger partial charge in [0.15, 0.2) is 0 Å². The fourth-order valence-electron chi connectivity index (χ4n) is 2.50. The van der Waals surface area contributed by atoms with Crippen molar-refractivity contribution in [2.45, 2.75) is 19.4 Å². The van der Waals surface area contributed by atoms with Crippen LogP contribution in [0.5, 0.6) is 0 Å². The number of ether oxygens (including phenoxy) is 1. The Balaban J connectivity index is 1.90. The third-order valence-electron chi connectivity index (χ3n) is 3.54. The van der Waals surface area contributed by atoms with Gasteiger partial charge in [-0.15, -0.1) is 11.3 Å². The zero-order valence-electron chi connectivity index (χ0n) is 10.7. The topological polar surface area (TPSA) is 12.5 Å². The summed E-state index contributed by atoms with van der Waals surface area (Å²) in [6.07, 6.45) is 2.27. The van der Waals surface area contributed by atoms with Gasteiger partial charge in [-0.1, -0.05) is 0 Å². The average molecular weight is 350 g/mol. The van der Waals surface area contributed by atoms with Crippen molar-refractivity contribution in [1.82, 2.24) is 4.90 Å². The molecule has 0 saturated carbocycles. The second-order valence-electron chi connectivity index (χ2n) is 5.17. The van der Waals surface area contributed by atoms with Gasteiger partial charge in [-0.25, -0.2) is 0 Å². The molecule has 0 unspecified atom stereocenters. The molecule has 0 aliphatic carbocycles. The molecule has 0 atom stereocenters. The standard InChI is InChI=1S/C13H20BrNOS2/c1-15(7-12-6-11(14)8-18-12)9-13(10-17)2-4-16-5-3-13/h6,8,17H,2-5,7,9-10H2,1H3. The van der Waals surface area contributed by atoms with Crippen LogP contribution in [0.15, 0.2) is 15.9 Å². The van der Waals surface area contributed by atoms with Crippen LogP contribution in [-0.4, -0.2) is 37.5 Å². The molecule has 1 aromatic rings. The zero-order valence-corrected chi connectivity index (χ0v) is 14.0. The van der Waals surface area contributed by atoms with Crippen LogP contribution in [0.1, 0.15) is 17.7 Å². The molecule has 1 saturated heterocycles. The van der Waals surface area contributed by atoms with Gasteiger partial charge in [0.25, 0.3) is 0 Å². The summed E-state index contributed by atoms with van der Waals surface area (Å²) < 4.78 is 6.66. The summed E-state index contributed by atoms with van der Waals surface area (Å²) >= 11 is 9.89. The Morgan fingerprint density at radius 2 is 2.22 bits per heavy atom. The Kier molecular flexibility index (Phi) is 5.57. The van der Waals surface area contributed by atoms with Crippen LogP contribution in [0.4, 0.5) is 0 Å². The lowest BCUT2D eigenvalue weighted by molar-refractivity contribution is 0.0107. The van der Waals surface area contributed by atoms with E-state index in [4.69, 9.17) is 4.74 Å². The third kappa shape index (κ3) is 3.97. The highest BCUT2D eigenvalue weighted by Gasteiger charge is 2.32. The summed E-state index contributed by atoms with van der Waals surface area (Å²) in [4.78, 5) is 3.82. The van der Waals surface area contributed by atoms with Crippen LogP contribution in [0.3, 0.4) is 0 Å². The van der Waals surface area contributed by atoms with Crippen LogP contribution >= 0.6 is 39.9 Å². The van der Waals surface area contributed by atoms with Crippen molar-refractivity contribution in [1.29, 1.82) is 0 Å². The lowest BCUT2D eigenvalue weighted by atomic mass is 9.81. The highest BCUT2D eigenvalue weighted by Crippen LogP contribution is 2.33. The summed E-state index contributed by atoms with van der Waals surface area (Å²) in [5, 5.41) is 2.14. The van der Waals surface area contributed by atoms with Gasteiger partial charge in [0.1, 0.15) is 0 Å². The number of thiol groups is 1. The monoisotopic (exact) mass is 349 g/mol. The van der Waals surface area contributed by atoms with Crippen molar-refractivity contribution in [3.63, 3.8) is 0 Å². The quantitative estimate of drug-likeness (QED) is 0.814. The van der Waals surface area contributed by atoms with E-state index >= 15 is 0 Å². The first-order valence-electron chi connectivity index (χ1n) is 6.24. The predicted molar refractivity (Wildman–Crippen MR) is 84.7 cm³/mol. The fraction of sp³-hybridized carbons (Fsp3) is 0.692. The van der Waals surface area contributed by atoms with Gasteiger partial charge >= 0.3 is 0 Å². The molecule has 1 aliphatic rings. The Labute approximate surface area is 127 Å². The van der Waals surface area contributed by atoms with E-state index in [1.54, 1.807) is 0 Å². The maximum atomic E-state index is 5.47. The summed E-state index contributed by atoms with van der Waals surface area (Å²) in [6.45, 7) is 3.90. The van der Waals surface area contributed by atoms with Crippen molar-refractivity contribution < 1.29 is 4.74 Å². The molecule has 2 heterocycles. The number of hydrogen-bond acceptors (Lipinski definition) is 4. The lowest BCUT2D eigenvalue weighted by Gasteiger charge is -2.38. The maximum Gasteiger partial charge on any atom is 0.0472 e. The van der Waals surface area contributed by atoms with Gasteiger partial charge in [0.2, 0.25) is 0 Å². The number of rotatable bonds is 5. The summed E-state index contributed by atoms with van der Waals surface area (Å²) in [5.74, 6) is 0.953. The van der Waals surface area contributed by atoms with Gasteiger partial charge in [-0.3, -0.25) is 0 Å². The van der Waals surface area contributed by atoms with E-state index in [2.05, 4.69) is 52.0 Å². The van der Waals surface area contributed by atoms with Crippen molar-refractivity contribution in [2.24, 2.45) is 5.41 Å². The van der Waals surface area contributed by atoms with Gasteiger partial charge in [-0.05, 0) is 53.1 Å². The minimum absolute atomic E-state index is 0.338. The molecule has 18 heavy (non-hydrogen) atoms. The van der Waals surface area contributed by atoms with Gasteiger partial charge in [0, 0.05) is 41.0 Å². The molecule has 0 radical (unpaired) electrons. The summed E-state index contributed by atoms with van der Waals surface area (Å²) in [5.41, 5.74) is 0.338. The Hall–Kier alpha value is 0.450. The lowest BCUT2D eigenvalue weighted by Crippen LogP contribution is -2.41. The Bertz CT molecular complexity index is 377. The summed E-state index contributed by atoms with van der Waals surface area (Å²) in [7, 11) is 2.20. The number of nitrogens with zero attached hydrogens (tertiary/aromatic N) is 1.